The lowest BCUT2D eigenvalue weighted by Gasteiger charge is -2.22. The van der Waals surface area contributed by atoms with E-state index < -0.39 is 10.0 Å². The third-order valence-corrected chi connectivity index (χ3v) is 6.71. The number of aromatic nitrogens is 4. The Bertz CT molecular complexity index is 1070. The minimum atomic E-state index is -3.70. The molecule has 0 aliphatic heterocycles. The first-order valence-corrected chi connectivity index (χ1v) is 10.5. The monoisotopic (exact) mass is 419 g/mol. The zero-order valence-corrected chi connectivity index (χ0v) is 16.6. The summed E-state index contributed by atoms with van der Waals surface area (Å²) in [5.74, 6) is 0.371. The van der Waals surface area contributed by atoms with Crippen molar-refractivity contribution in [2.45, 2.75) is 30.3 Å². The maximum atomic E-state index is 13.3. The summed E-state index contributed by atoms with van der Waals surface area (Å²) in [6.45, 7) is 0.293. The van der Waals surface area contributed by atoms with E-state index in [1.54, 1.807) is 28.6 Å². The molecule has 8 nitrogen and oxygen atoms in total. The second-order valence-electron chi connectivity index (χ2n) is 6.50. The smallest absolute Gasteiger partial charge is 0.243 e. The van der Waals surface area contributed by atoms with Crippen LogP contribution in [0.15, 0.2) is 53.7 Å². The highest BCUT2D eigenvalue weighted by molar-refractivity contribution is 7.89. The molecule has 0 amide bonds. The second-order valence-corrected chi connectivity index (χ2v) is 8.82. The number of ether oxygens (including phenoxy) is 1. The fraction of sp³-hybridized carbons (Fsp3) is 0.278. The van der Waals surface area contributed by atoms with Crippen molar-refractivity contribution >= 4 is 21.6 Å². The zero-order chi connectivity index (χ0) is 19.7. The van der Waals surface area contributed by atoms with Gasteiger partial charge in [0.2, 0.25) is 10.0 Å². The number of methoxy groups -OCH3 is 1. The SMILES string of the molecule is COc1cc(S(=O)(=O)N(Cc2ccc(Cl)cc2)C2CC2)ccc1-n1cnnn1. The number of rotatable bonds is 7. The largest absolute Gasteiger partial charge is 0.494 e. The Morgan fingerprint density at radius 1 is 1.21 bits per heavy atom. The average molecular weight is 420 g/mol. The van der Waals surface area contributed by atoms with Crippen LogP contribution in [0.4, 0.5) is 0 Å². The molecule has 0 atom stereocenters. The number of benzene rings is 2. The molecule has 0 spiro atoms. The van der Waals surface area contributed by atoms with E-state index in [4.69, 9.17) is 16.3 Å². The van der Waals surface area contributed by atoms with E-state index in [9.17, 15) is 8.42 Å². The number of sulfonamides is 1. The molecule has 1 aliphatic carbocycles. The van der Waals surface area contributed by atoms with E-state index >= 15 is 0 Å². The van der Waals surface area contributed by atoms with E-state index in [1.165, 1.54) is 24.2 Å². The molecule has 1 aliphatic rings. The predicted octanol–water partition coefficient (Wildman–Crippen LogP) is 2.68. The lowest BCUT2D eigenvalue weighted by atomic mass is 10.2. The summed E-state index contributed by atoms with van der Waals surface area (Å²) in [6.07, 6.45) is 3.13. The van der Waals surface area contributed by atoms with Gasteiger partial charge in [0.05, 0.1) is 12.0 Å². The maximum Gasteiger partial charge on any atom is 0.243 e. The Hall–Kier alpha value is -2.49. The van der Waals surface area contributed by atoms with Crippen LogP contribution in [0, 0.1) is 0 Å². The van der Waals surface area contributed by atoms with Gasteiger partial charge in [-0.25, -0.2) is 8.42 Å². The van der Waals surface area contributed by atoms with Crippen LogP contribution in [0.1, 0.15) is 18.4 Å². The zero-order valence-electron chi connectivity index (χ0n) is 15.1. The quantitative estimate of drug-likeness (QED) is 0.584. The molecule has 0 saturated heterocycles. The third kappa shape index (κ3) is 3.73. The van der Waals surface area contributed by atoms with Gasteiger partial charge in [0.1, 0.15) is 17.8 Å². The van der Waals surface area contributed by atoms with Crippen molar-refractivity contribution in [3.63, 3.8) is 0 Å². The minimum absolute atomic E-state index is 0.00543. The topological polar surface area (TPSA) is 90.2 Å². The van der Waals surface area contributed by atoms with Crippen molar-refractivity contribution in [1.82, 2.24) is 24.5 Å². The fourth-order valence-corrected chi connectivity index (χ4v) is 4.77. The van der Waals surface area contributed by atoms with Crippen molar-refractivity contribution < 1.29 is 13.2 Å². The van der Waals surface area contributed by atoms with E-state index in [-0.39, 0.29) is 10.9 Å². The van der Waals surface area contributed by atoms with E-state index in [0.717, 1.165) is 18.4 Å². The van der Waals surface area contributed by atoms with Gasteiger partial charge in [-0.15, -0.1) is 5.10 Å². The molecule has 4 rings (SSSR count). The molecule has 0 bridgehead atoms. The highest BCUT2D eigenvalue weighted by atomic mass is 35.5. The summed E-state index contributed by atoms with van der Waals surface area (Å²) in [6, 6.07) is 11.9. The van der Waals surface area contributed by atoms with Crippen LogP contribution in [0.2, 0.25) is 5.02 Å². The number of tetrazole rings is 1. The second kappa shape index (κ2) is 7.50. The van der Waals surface area contributed by atoms with Gasteiger partial charge in [0, 0.05) is 23.7 Å². The number of halogens is 1. The van der Waals surface area contributed by atoms with Gasteiger partial charge in [-0.3, -0.25) is 0 Å². The molecule has 1 aromatic heterocycles. The molecule has 0 radical (unpaired) electrons. The van der Waals surface area contributed by atoms with Gasteiger partial charge in [-0.05, 0) is 53.1 Å². The molecule has 0 N–H and O–H groups in total. The summed E-state index contributed by atoms with van der Waals surface area (Å²) in [5, 5.41) is 11.6. The normalized spacial score (nSPS) is 14.4. The van der Waals surface area contributed by atoms with Crippen molar-refractivity contribution in [3.05, 3.63) is 59.4 Å². The van der Waals surface area contributed by atoms with E-state index in [0.29, 0.717) is 23.0 Å². The lowest BCUT2D eigenvalue weighted by molar-refractivity contribution is 0.395. The summed E-state index contributed by atoms with van der Waals surface area (Å²) in [5.41, 5.74) is 1.44. The maximum absolute atomic E-state index is 13.3. The highest BCUT2D eigenvalue weighted by Gasteiger charge is 2.38. The number of nitrogens with zero attached hydrogens (tertiary/aromatic N) is 5. The molecule has 1 saturated carbocycles. The van der Waals surface area contributed by atoms with Gasteiger partial charge >= 0.3 is 0 Å². The first-order chi connectivity index (χ1) is 13.5. The van der Waals surface area contributed by atoms with Crippen LogP contribution >= 0.6 is 11.6 Å². The van der Waals surface area contributed by atoms with Gasteiger partial charge in [-0.1, -0.05) is 23.7 Å². The van der Waals surface area contributed by atoms with Crippen molar-refractivity contribution in [2.75, 3.05) is 7.11 Å². The summed E-state index contributed by atoms with van der Waals surface area (Å²) < 4.78 is 35.0. The van der Waals surface area contributed by atoms with Crippen LogP contribution in [0.5, 0.6) is 5.75 Å². The van der Waals surface area contributed by atoms with Crippen molar-refractivity contribution in [2.24, 2.45) is 0 Å². The summed E-state index contributed by atoms with van der Waals surface area (Å²) >= 11 is 5.94. The van der Waals surface area contributed by atoms with Crippen LogP contribution in [-0.4, -0.2) is 46.1 Å². The Balaban J connectivity index is 1.68. The third-order valence-electron chi connectivity index (χ3n) is 4.56. The van der Waals surface area contributed by atoms with Crippen LogP contribution < -0.4 is 4.74 Å². The number of hydrogen-bond donors (Lipinski definition) is 0. The van der Waals surface area contributed by atoms with E-state index in [2.05, 4.69) is 15.5 Å². The predicted molar refractivity (Wildman–Crippen MR) is 103 cm³/mol. The Kier molecular flexibility index (Phi) is 5.05. The minimum Gasteiger partial charge on any atom is -0.494 e. The van der Waals surface area contributed by atoms with Gasteiger partial charge in [0.15, 0.2) is 0 Å². The molecular weight excluding hydrogens is 402 g/mol. The molecule has 28 heavy (non-hydrogen) atoms. The van der Waals surface area contributed by atoms with Crippen LogP contribution in [-0.2, 0) is 16.6 Å². The van der Waals surface area contributed by atoms with Gasteiger partial charge < -0.3 is 4.74 Å². The first-order valence-electron chi connectivity index (χ1n) is 8.67. The number of hydrogen-bond acceptors (Lipinski definition) is 6. The van der Waals surface area contributed by atoms with Gasteiger partial charge in [0.25, 0.3) is 0 Å². The van der Waals surface area contributed by atoms with Crippen molar-refractivity contribution in [3.8, 4) is 11.4 Å². The summed E-state index contributed by atoms with van der Waals surface area (Å²) in [7, 11) is -2.23. The highest BCUT2D eigenvalue weighted by Crippen LogP contribution is 2.35. The Morgan fingerprint density at radius 3 is 2.57 bits per heavy atom. The lowest BCUT2D eigenvalue weighted by Crippen LogP contribution is -2.32. The molecule has 1 heterocycles. The molecule has 0 unspecified atom stereocenters. The van der Waals surface area contributed by atoms with E-state index in [1.807, 2.05) is 12.1 Å². The fourth-order valence-electron chi connectivity index (χ4n) is 2.96. The Morgan fingerprint density at radius 2 is 1.96 bits per heavy atom. The molecule has 1 fully saturated rings. The van der Waals surface area contributed by atoms with Crippen LogP contribution in [0.25, 0.3) is 5.69 Å². The van der Waals surface area contributed by atoms with Crippen molar-refractivity contribution in [1.29, 1.82) is 0 Å². The summed E-state index contributed by atoms with van der Waals surface area (Å²) in [4.78, 5) is 0.169. The molecular formula is C18H18ClN5O3S. The average Bonchev–Trinajstić information content (AvgIpc) is 3.39. The molecule has 2 aromatic carbocycles. The molecule has 146 valence electrons. The van der Waals surface area contributed by atoms with Gasteiger partial charge in [-0.2, -0.15) is 8.99 Å². The first kappa shape index (κ1) is 18.9. The Labute approximate surface area is 167 Å². The standard InChI is InChI=1S/C18H18ClN5O3S/c1-27-18-10-16(8-9-17(18)23-12-20-21-22-23)28(25,26)24(15-6-7-15)11-13-2-4-14(19)5-3-13/h2-5,8-10,12,15H,6-7,11H2,1H3. The molecule has 3 aromatic rings. The molecule has 10 heteroatoms. The van der Waals surface area contributed by atoms with Crippen LogP contribution in [0.3, 0.4) is 0 Å².